The molecule has 156 valence electrons. The van der Waals surface area contributed by atoms with Crippen molar-refractivity contribution in [2.45, 2.75) is 0 Å². The molecule has 0 bridgehead atoms. The molecule has 1 fully saturated rings. The molecule has 0 saturated carbocycles. The highest BCUT2D eigenvalue weighted by molar-refractivity contribution is 7.91. The van der Waals surface area contributed by atoms with Gasteiger partial charge in [0.2, 0.25) is 5.95 Å². The fourth-order valence-electron chi connectivity index (χ4n) is 3.22. The highest BCUT2D eigenvalue weighted by Crippen LogP contribution is 2.28. The van der Waals surface area contributed by atoms with Gasteiger partial charge in [-0.05, 0) is 24.3 Å². The molecule has 3 N–H and O–H groups in total. The number of aromatic nitrogens is 3. The van der Waals surface area contributed by atoms with Crippen LogP contribution in [-0.4, -0.2) is 61.2 Å². The zero-order valence-corrected chi connectivity index (χ0v) is 17.0. The Morgan fingerprint density at radius 3 is 2.43 bits per heavy atom. The number of sulfone groups is 1. The molecule has 0 unspecified atom stereocenters. The minimum Gasteiger partial charge on any atom is -0.453 e. The van der Waals surface area contributed by atoms with E-state index in [1.165, 1.54) is 7.11 Å². The average molecular weight is 428 g/mol. The van der Waals surface area contributed by atoms with Crippen molar-refractivity contribution in [3.8, 4) is 11.3 Å². The Morgan fingerprint density at radius 1 is 1.07 bits per heavy atom. The minimum atomic E-state index is -3.03. The Hall–Kier alpha value is -3.47. The summed E-state index contributed by atoms with van der Waals surface area (Å²) < 4.78 is 28.1. The predicted molar refractivity (Wildman–Crippen MR) is 114 cm³/mol. The fraction of sp³-hybridized carbons (Fsp3) is 0.263. The summed E-state index contributed by atoms with van der Waals surface area (Å²) in [5, 5.41) is 2.59. The van der Waals surface area contributed by atoms with E-state index in [4.69, 9.17) is 10.7 Å². The van der Waals surface area contributed by atoms with Crippen LogP contribution in [0.1, 0.15) is 0 Å². The first-order valence-corrected chi connectivity index (χ1v) is 11.0. The topological polar surface area (TPSA) is 140 Å². The third-order valence-electron chi connectivity index (χ3n) is 4.80. The van der Waals surface area contributed by atoms with Gasteiger partial charge in [-0.15, -0.1) is 0 Å². The zero-order chi connectivity index (χ0) is 21.3. The maximum atomic E-state index is 11.8. The molecule has 4 rings (SSSR count). The number of rotatable bonds is 3. The molecule has 10 nitrogen and oxygen atoms in total. The predicted octanol–water partition coefficient (Wildman–Crippen LogP) is 1.69. The number of nitrogens with one attached hydrogen (secondary N) is 1. The summed E-state index contributed by atoms with van der Waals surface area (Å²) in [5.41, 5.74) is 9.11. The zero-order valence-electron chi connectivity index (χ0n) is 16.2. The summed E-state index contributed by atoms with van der Waals surface area (Å²) in [5.74, 6) is 0.761. The van der Waals surface area contributed by atoms with Gasteiger partial charge in [0.05, 0.1) is 29.8 Å². The van der Waals surface area contributed by atoms with E-state index in [2.05, 4.69) is 20.0 Å². The molecule has 1 amide bonds. The number of nitrogens with two attached hydrogens (primary N) is 1. The second-order valence-electron chi connectivity index (χ2n) is 6.80. The lowest BCUT2D eigenvalue weighted by molar-refractivity contribution is 0.187. The standard InChI is InChI=1S/C19H20N6O4S/c1-29-19(26)21-13-4-2-12(3-5-13)14-6-7-15-16(22-14)17(24-18(20)23-15)25-8-10-30(27,28)11-9-25/h2-7H,8-11H2,1H3,(H,21,26)(H2,20,23,24). The maximum Gasteiger partial charge on any atom is 0.411 e. The molecule has 3 heterocycles. The number of methoxy groups -OCH3 is 1. The molecule has 2 aromatic heterocycles. The largest absolute Gasteiger partial charge is 0.453 e. The van der Waals surface area contributed by atoms with E-state index in [-0.39, 0.29) is 17.5 Å². The summed E-state index contributed by atoms with van der Waals surface area (Å²) in [6.45, 7) is 0.654. The Bertz CT molecular complexity index is 1200. The SMILES string of the molecule is COC(=O)Nc1ccc(-c2ccc3nc(N)nc(N4CCS(=O)(=O)CC4)c3n2)cc1. The number of fused-ring (bicyclic) bond motifs is 1. The number of nitrogen functional groups attached to an aromatic ring is 1. The van der Waals surface area contributed by atoms with Crippen LogP contribution in [0.15, 0.2) is 36.4 Å². The molecule has 0 spiro atoms. The number of hydrogen-bond acceptors (Lipinski definition) is 9. The number of benzene rings is 1. The van der Waals surface area contributed by atoms with Crippen molar-refractivity contribution in [2.75, 3.05) is 47.7 Å². The van der Waals surface area contributed by atoms with Crippen LogP contribution in [0.5, 0.6) is 0 Å². The van der Waals surface area contributed by atoms with Gasteiger partial charge in [-0.1, -0.05) is 12.1 Å². The molecule has 1 aliphatic heterocycles. The smallest absolute Gasteiger partial charge is 0.411 e. The number of hydrogen-bond donors (Lipinski definition) is 2. The maximum absolute atomic E-state index is 11.8. The average Bonchev–Trinajstić information content (AvgIpc) is 2.73. The molecular formula is C19H20N6O4S. The molecular weight excluding hydrogens is 408 g/mol. The van der Waals surface area contributed by atoms with E-state index in [1.807, 2.05) is 23.1 Å². The number of carbonyl (C=O) groups is 1. The summed E-state index contributed by atoms with van der Waals surface area (Å²) in [6, 6.07) is 10.8. The summed E-state index contributed by atoms with van der Waals surface area (Å²) >= 11 is 0. The number of anilines is 3. The normalized spacial score (nSPS) is 15.7. The summed E-state index contributed by atoms with van der Waals surface area (Å²) in [4.78, 5) is 26.5. The third kappa shape index (κ3) is 4.10. The van der Waals surface area contributed by atoms with Crippen LogP contribution >= 0.6 is 0 Å². The van der Waals surface area contributed by atoms with Gasteiger partial charge in [0, 0.05) is 24.3 Å². The van der Waals surface area contributed by atoms with Gasteiger partial charge in [-0.2, -0.15) is 4.98 Å². The highest BCUT2D eigenvalue weighted by Gasteiger charge is 2.25. The first-order valence-electron chi connectivity index (χ1n) is 9.20. The monoisotopic (exact) mass is 428 g/mol. The lowest BCUT2D eigenvalue weighted by Gasteiger charge is -2.28. The van der Waals surface area contributed by atoms with Gasteiger partial charge >= 0.3 is 6.09 Å². The van der Waals surface area contributed by atoms with Crippen molar-refractivity contribution in [1.29, 1.82) is 0 Å². The van der Waals surface area contributed by atoms with Crippen LogP contribution in [0.25, 0.3) is 22.3 Å². The second kappa shape index (κ2) is 7.75. The van der Waals surface area contributed by atoms with Crippen LogP contribution in [-0.2, 0) is 14.6 Å². The fourth-order valence-corrected chi connectivity index (χ4v) is 4.42. The van der Waals surface area contributed by atoms with Crippen LogP contribution in [0.2, 0.25) is 0 Å². The number of ether oxygens (including phenoxy) is 1. The molecule has 1 aromatic carbocycles. The minimum absolute atomic E-state index is 0.0623. The van der Waals surface area contributed by atoms with Crippen LogP contribution in [0.3, 0.4) is 0 Å². The van der Waals surface area contributed by atoms with Crippen molar-refractivity contribution in [3.05, 3.63) is 36.4 Å². The lowest BCUT2D eigenvalue weighted by Crippen LogP contribution is -2.41. The van der Waals surface area contributed by atoms with Gasteiger partial charge in [0.25, 0.3) is 0 Å². The Labute approximate surface area is 173 Å². The molecule has 30 heavy (non-hydrogen) atoms. The van der Waals surface area contributed by atoms with Gasteiger partial charge in [-0.3, -0.25) is 5.32 Å². The quantitative estimate of drug-likeness (QED) is 0.637. The first-order chi connectivity index (χ1) is 14.3. The number of nitrogens with zero attached hydrogens (tertiary/aromatic N) is 4. The third-order valence-corrected chi connectivity index (χ3v) is 6.41. The van der Waals surface area contributed by atoms with Gasteiger partial charge < -0.3 is 15.4 Å². The molecule has 1 aliphatic rings. The van der Waals surface area contributed by atoms with E-state index in [0.717, 1.165) is 5.56 Å². The molecule has 3 aromatic rings. The molecule has 0 aliphatic carbocycles. The number of pyridine rings is 1. The van der Waals surface area contributed by atoms with Crippen molar-refractivity contribution < 1.29 is 17.9 Å². The number of amides is 1. The summed E-state index contributed by atoms with van der Waals surface area (Å²) in [7, 11) is -1.73. The lowest BCUT2D eigenvalue weighted by atomic mass is 10.1. The Kier molecular flexibility index (Phi) is 5.12. The van der Waals surface area contributed by atoms with Crippen molar-refractivity contribution >= 4 is 44.4 Å². The van der Waals surface area contributed by atoms with Crippen molar-refractivity contribution in [2.24, 2.45) is 0 Å². The Balaban J connectivity index is 1.70. The van der Waals surface area contributed by atoms with Crippen molar-refractivity contribution in [3.63, 3.8) is 0 Å². The van der Waals surface area contributed by atoms with E-state index >= 15 is 0 Å². The van der Waals surface area contributed by atoms with Crippen LogP contribution < -0.4 is 16.0 Å². The highest BCUT2D eigenvalue weighted by atomic mass is 32.2. The second-order valence-corrected chi connectivity index (χ2v) is 9.11. The number of carbonyl (C=O) groups excluding carboxylic acids is 1. The van der Waals surface area contributed by atoms with Crippen molar-refractivity contribution in [1.82, 2.24) is 15.0 Å². The molecule has 0 radical (unpaired) electrons. The molecule has 11 heteroatoms. The van der Waals surface area contributed by atoms with Gasteiger partial charge in [0.15, 0.2) is 15.7 Å². The van der Waals surface area contributed by atoms with Crippen LogP contribution in [0, 0.1) is 0 Å². The van der Waals surface area contributed by atoms with E-state index in [1.54, 1.807) is 18.2 Å². The molecule has 1 saturated heterocycles. The first kappa shape index (κ1) is 19.8. The van der Waals surface area contributed by atoms with Crippen LogP contribution in [0.4, 0.5) is 22.2 Å². The van der Waals surface area contributed by atoms with Gasteiger partial charge in [0.1, 0.15) is 5.52 Å². The van der Waals surface area contributed by atoms with Gasteiger partial charge in [-0.25, -0.2) is 23.2 Å². The van der Waals surface area contributed by atoms with E-state index in [0.29, 0.717) is 41.3 Å². The molecule has 0 atom stereocenters. The van der Waals surface area contributed by atoms with E-state index < -0.39 is 15.9 Å². The Morgan fingerprint density at radius 2 is 1.77 bits per heavy atom. The summed E-state index contributed by atoms with van der Waals surface area (Å²) in [6.07, 6.45) is -0.547. The van der Waals surface area contributed by atoms with E-state index in [9.17, 15) is 13.2 Å².